The first-order valence-corrected chi connectivity index (χ1v) is 9.55. The van der Waals surface area contributed by atoms with Gasteiger partial charge in [-0.15, -0.1) is 24.0 Å². The van der Waals surface area contributed by atoms with E-state index in [2.05, 4.69) is 50.9 Å². The zero-order chi connectivity index (χ0) is 18.2. The molecule has 1 aromatic heterocycles. The van der Waals surface area contributed by atoms with E-state index >= 15 is 0 Å². The van der Waals surface area contributed by atoms with Crippen molar-refractivity contribution in [2.75, 3.05) is 33.2 Å². The lowest BCUT2D eigenvalue weighted by Gasteiger charge is -2.26. The predicted molar refractivity (Wildman–Crippen MR) is 122 cm³/mol. The van der Waals surface area contributed by atoms with Crippen molar-refractivity contribution >= 4 is 29.9 Å². The van der Waals surface area contributed by atoms with Gasteiger partial charge in [0.05, 0.1) is 6.04 Å². The van der Waals surface area contributed by atoms with Crippen molar-refractivity contribution in [2.45, 2.75) is 32.2 Å². The molecule has 2 heterocycles. The molecule has 1 aliphatic rings. The van der Waals surface area contributed by atoms with E-state index in [0.29, 0.717) is 0 Å². The second-order valence-corrected chi connectivity index (χ2v) is 6.82. The third kappa shape index (κ3) is 6.53. The van der Waals surface area contributed by atoms with Gasteiger partial charge in [-0.1, -0.05) is 30.3 Å². The number of hydrogen-bond donors (Lipinski definition) is 2. The van der Waals surface area contributed by atoms with Gasteiger partial charge in [0.1, 0.15) is 11.5 Å². The number of likely N-dealkylation sites (tertiary alicyclic amines) is 1. The van der Waals surface area contributed by atoms with E-state index in [1.54, 1.807) is 0 Å². The number of hydrogen-bond acceptors (Lipinski definition) is 3. The zero-order valence-corrected chi connectivity index (χ0v) is 18.6. The summed E-state index contributed by atoms with van der Waals surface area (Å²) < 4.78 is 5.92. The van der Waals surface area contributed by atoms with Gasteiger partial charge in [-0.2, -0.15) is 0 Å². The van der Waals surface area contributed by atoms with Crippen LogP contribution in [0.3, 0.4) is 0 Å². The van der Waals surface area contributed by atoms with Crippen LogP contribution in [0.5, 0.6) is 0 Å². The molecule has 5 nitrogen and oxygen atoms in total. The van der Waals surface area contributed by atoms with E-state index in [1.165, 1.54) is 18.4 Å². The third-order valence-corrected chi connectivity index (χ3v) is 4.91. The molecule has 1 aromatic carbocycles. The number of nitrogens with zero attached hydrogens (tertiary/aromatic N) is 2. The molecule has 2 aromatic rings. The summed E-state index contributed by atoms with van der Waals surface area (Å²) >= 11 is 0. The summed E-state index contributed by atoms with van der Waals surface area (Å²) in [5.74, 6) is 2.85. The Kier molecular flexibility index (Phi) is 9.14. The van der Waals surface area contributed by atoms with E-state index in [1.807, 2.05) is 26.1 Å². The average Bonchev–Trinajstić information content (AvgIpc) is 3.34. The van der Waals surface area contributed by atoms with Crippen LogP contribution < -0.4 is 10.6 Å². The molecule has 1 atom stereocenters. The highest BCUT2D eigenvalue weighted by molar-refractivity contribution is 14.0. The van der Waals surface area contributed by atoms with Gasteiger partial charge in [-0.25, -0.2) is 0 Å². The van der Waals surface area contributed by atoms with Crippen molar-refractivity contribution in [3.05, 3.63) is 59.5 Å². The maximum atomic E-state index is 5.92. The molecular formula is C21H31IN4O. The fourth-order valence-corrected chi connectivity index (χ4v) is 3.48. The van der Waals surface area contributed by atoms with Gasteiger partial charge >= 0.3 is 0 Å². The molecule has 0 radical (unpaired) electrons. The molecule has 0 bridgehead atoms. The Morgan fingerprint density at radius 3 is 2.48 bits per heavy atom. The van der Waals surface area contributed by atoms with Crippen LogP contribution in [0.15, 0.2) is 51.9 Å². The van der Waals surface area contributed by atoms with E-state index < -0.39 is 0 Å². The van der Waals surface area contributed by atoms with Crippen LogP contribution in [-0.2, 0) is 6.42 Å². The van der Waals surface area contributed by atoms with Crippen molar-refractivity contribution in [1.29, 1.82) is 0 Å². The monoisotopic (exact) mass is 482 g/mol. The lowest BCUT2D eigenvalue weighted by molar-refractivity contribution is 0.213. The molecule has 27 heavy (non-hydrogen) atoms. The minimum Gasteiger partial charge on any atom is -0.465 e. The first-order valence-electron chi connectivity index (χ1n) is 9.55. The van der Waals surface area contributed by atoms with Crippen LogP contribution in [0.25, 0.3) is 0 Å². The van der Waals surface area contributed by atoms with E-state index in [0.717, 1.165) is 50.1 Å². The highest BCUT2D eigenvalue weighted by atomic mass is 127. The summed E-state index contributed by atoms with van der Waals surface area (Å²) in [7, 11) is 1.82. The summed E-state index contributed by atoms with van der Waals surface area (Å²) in [6, 6.07) is 14.9. The second kappa shape index (κ2) is 11.3. The molecule has 0 amide bonds. The molecule has 0 spiro atoms. The summed E-state index contributed by atoms with van der Waals surface area (Å²) in [5.41, 5.74) is 1.33. The molecule has 2 N–H and O–H groups in total. The number of halogens is 1. The number of benzene rings is 1. The van der Waals surface area contributed by atoms with Gasteiger partial charge in [-0.3, -0.25) is 9.89 Å². The maximum Gasteiger partial charge on any atom is 0.191 e. The molecule has 1 fully saturated rings. The Morgan fingerprint density at radius 1 is 1.11 bits per heavy atom. The number of nitrogens with one attached hydrogen (secondary N) is 2. The van der Waals surface area contributed by atoms with Crippen molar-refractivity contribution in [1.82, 2.24) is 15.5 Å². The van der Waals surface area contributed by atoms with E-state index in [4.69, 9.17) is 4.42 Å². The summed E-state index contributed by atoms with van der Waals surface area (Å²) in [5, 5.41) is 6.89. The Balaban J connectivity index is 0.00000261. The number of furan rings is 1. The maximum absolute atomic E-state index is 5.92. The minimum atomic E-state index is 0. The average molecular weight is 482 g/mol. The normalized spacial score (nSPS) is 16.0. The van der Waals surface area contributed by atoms with Crippen LogP contribution in [-0.4, -0.2) is 44.1 Å². The SMILES string of the molecule is CN=C(NCCc1ccccc1)NCC(c1ccc(C)o1)N1CCCC1.I. The van der Waals surface area contributed by atoms with Crippen LogP contribution in [0.2, 0.25) is 0 Å². The third-order valence-electron chi connectivity index (χ3n) is 4.91. The molecule has 0 aliphatic carbocycles. The Labute approximate surface area is 179 Å². The standard InChI is InChI=1S/C21H30N4O.HI/c1-17-10-11-20(26-17)19(25-14-6-7-15-25)16-24-21(22-2)23-13-12-18-8-4-3-5-9-18;/h3-5,8-11,19H,6-7,12-16H2,1-2H3,(H2,22,23,24);1H. The lowest BCUT2D eigenvalue weighted by Crippen LogP contribution is -2.43. The molecule has 0 saturated carbocycles. The highest BCUT2D eigenvalue weighted by Gasteiger charge is 2.26. The second-order valence-electron chi connectivity index (χ2n) is 6.82. The minimum absolute atomic E-state index is 0. The quantitative estimate of drug-likeness (QED) is 0.359. The molecule has 6 heteroatoms. The first kappa shape index (κ1) is 21.8. The number of rotatable bonds is 7. The van der Waals surface area contributed by atoms with E-state index in [9.17, 15) is 0 Å². The molecule has 1 saturated heterocycles. The number of aliphatic imine (C=N–C) groups is 1. The van der Waals surface area contributed by atoms with Crippen LogP contribution >= 0.6 is 24.0 Å². The fourth-order valence-electron chi connectivity index (χ4n) is 3.48. The highest BCUT2D eigenvalue weighted by Crippen LogP contribution is 2.26. The Morgan fingerprint density at radius 2 is 1.85 bits per heavy atom. The predicted octanol–water partition coefficient (Wildman–Crippen LogP) is 3.75. The van der Waals surface area contributed by atoms with Crippen LogP contribution in [0.4, 0.5) is 0 Å². The van der Waals surface area contributed by atoms with Crippen molar-refractivity contribution < 1.29 is 4.42 Å². The van der Waals surface area contributed by atoms with Crippen molar-refractivity contribution in [2.24, 2.45) is 4.99 Å². The topological polar surface area (TPSA) is 52.8 Å². The van der Waals surface area contributed by atoms with Gasteiger partial charge in [0.2, 0.25) is 0 Å². The fraction of sp³-hybridized carbons (Fsp3) is 0.476. The van der Waals surface area contributed by atoms with Gasteiger partial charge in [-0.05, 0) is 57.0 Å². The molecule has 148 valence electrons. The lowest BCUT2D eigenvalue weighted by atomic mass is 10.1. The van der Waals surface area contributed by atoms with Gasteiger partial charge < -0.3 is 15.1 Å². The largest absolute Gasteiger partial charge is 0.465 e. The summed E-state index contributed by atoms with van der Waals surface area (Å²) in [6.45, 7) is 5.91. The number of guanidine groups is 1. The van der Waals surface area contributed by atoms with Gasteiger partial charge in [0.25, 0.3) is 0 Å². The van der Waals surface area contributed by atoms with Crippen molar-refractivity contribution in [3.63, 3.8) is 0 Å². The molecular weight excluding hydrogens is 451 g/mol. The van der Waals surface area contributed by atoms with Crippen LogP contribution in [0, 0.1) is 6.92 Å². The molecule has 1 aliphatic heterocycles. The Hall–Kier alpha value is -1.54. The smallest absolute Gasteiger partial charge is 0.191 e. The molecule has 1 unspecified atom stereocenters. The van der Waals surface area contributed by atoms with Gasteiger partial charge in [0.15, 0.2) is 5.96 Å². The van der Waals surface area contributed by atoms with Crippen LogP contribution in [0.1, 0.15) is 36.0 Å². The molecule has 3 rings (SSSR count). The zero-order valence-electron chi connectivity index (χ0n) is 16.3. The summed E-state index contributed by atoms with van der Waals surface area (Å²) in [6.07, 6.45) is 3.51. The summed E-state index contributed by atoms with van der Waals surface area (Å²) in [4.78, 5) is 6.86. The number of aryl methyl sites for hydroxylation is 1. The first-order chi connectivity index (χ1) is 12.8. The van der Waals surface area contributed by atoms with Gasteiger partial charge in [0, 0.05) is 20.1 Å². The van der Waals surface area contributed by atoms with E-state index in [-0.39, 0.29) is 30.0 Å². The Bertz CT molecular complexity index is 695. The van der Waals surface area contributed by atoms with Crippen molar-refractivity contribution in [3.8, 4) is 0 Å².